The Morgan fingerprint density at radius 3 is 2.22 bits per heavy atom. The molecule has 0 bridgehead atoms. The number of carbonyl (C=O) groups excluding carboxylic acids is 3. The van der Waals surface area contributed by atoms with E-state index in [1.54, 1.807) is 43.3 Å². The summed E-state index contributed by atoms with van der Waals surface area (Å²) in [4.78, 5) is 35.6. The van der Waals surface area contributed by atoms with Crippen LogP contribution in [-0.2, 0) is 4.79 Å². The van der Waals surface area contributed by atoms with Crippen LogP contribution in [0.15, 0.2) is 48.5 Å². The number of nitrogens with one attached hydrogen (secondary N) is 4. The van der Waals surface area contributed by atoms with E-state index in [-0.39, 0.29) is 23.3 Å². The van der Waals surface area contributed by atoms with Gasteiger partial charge in [0.05, 0.1) is 0 Å². The fraction of sp³-hybridized carbons (Fsp3) is 0.158. The molecule has 2 rings (SSSR count). The smallest absolute Gasteiger partial charge is 0.269 e. The third-order valence-electron chi connectivity index (χ3n) is 3.66. The minimum absolute atomic E-state index is 0.0114. The van der Waals surface area contributed by atoms with Crippen molar-refractivity contribution in [2.45, 2.75) is 20.3 Å². The summed E-state index contributed by atoms with van der Waals surface area (Å²) in [5.74, 6) is -0.903. The molecule has 27 heavy (non-hydrogen) atoms. The number of anilines is 1. The second-order valence-corrected chi connectivity index (χ2v) is 6.06. The Morgan fingerprint density at radius 2 is 1.59 bits per heavy atom. The number of thiocarbonyl (C=S) groups is 1. The predicted octanol–water partition coefficient (Wildman–Crippen LogP) is 2.29. The van der Waals surface area contributed by atoms with Gasteiger partial charge in [0.15, 0.2) is 5.11 Å². The highest BCUT2D eigenvalue weighted by molar-refractivity contribution is 7.80. The first-order valence-corrected chi connectivity index (χ1v) is 8.68. The molecular formula is C19H20N4O3S. The van der Waals surface area contributed by atoms with Gasteiger partial charge < -0.3 is 10.6 Å². The lowest BCUT2D eigenvalue weighted by atomic mass is 10.1. The van der Waals surface area contributed by atoms with Gasteiger partial charge in [0.1, 0.15) is 0 Å². The van der Waals surface area contributed by atoms with Gasteiger partial charge in [0, 0.05) is 23.2 Å². The number of hydrogen-bond acceptors (Lipinski definition) is 4. The lowest BCUT2D eigenvalue weighted by Gasteiger charge is -2.11. The highest BCUT2D eigenvalue weighted by Crippen LogP contribution is 2.13. The monoisotopic (exact) mass is 384 g/mol. The maximum absolute atomic E-state index is 12.3. The SMILES string of the molecule is CCC(=O)NC(=S)NNC(=O)c1ccc(NC(=O)c2ccccc2C)cc1. The summed E-state index contributed by atoms with van der Waals surface area (Å²) in [6, 6.07) is 13.7. The molecule has 2 aromatic carbocycles. The van der Waals surface area contributed by atoms with Crippen LogP contribution in [0.3, 0.4) is 0 Å². The summed E-state index contributed by atoms with van der Waals surface area (Å²) in [5.41, 5.74) is 7.24. The van der Waals surface area contributed by atoms with Crippen molar-refractivity contribution in [2.24, 2.45) is 0 Å². The van der Waals surface area contributed by atoms with E-state index >= 15 is 0 Å². The predicted molar refractivity (Wildman–Crippen MR) is 107 cm³/mol. The second kappa shape index (κ2) is 9.44. The van der Waals surface area contributed by atoms with E-state index in [1.165, 1.54) is 0 Å². The minimum atomic E-state index is -0.431. The Hall–Kier alpha value is -3.26. The standard InChI is InChI=1S/C19H20N4O3S/c1-3-16(24)21-19(27)23-22-17(25)13-8-10-14(11-9-13)20-18(26)15-7-5-4-6-12(15)2/h4-11H,3H2,1-2H3,(H,20,26)(H,22,25)(H2,21,23,24,27). The van der Waals surface area contributed by atoms with Gasteiger partial charge >= 0.3 is 0 Å². The Bertz CT molecular complexity index is 866. The van der Waals surface area contributed by atoms with Gasteiger partial charge in [-0.15, -0.1) is 0 Å². The fourth-order valence-electron chi connectivity index (χ4n) is 2.16. The number of rotatable bonds is 4. The van der Waals surface area contributed by atoms with Gasteiger partial charge in [-0.05, 0) is 55.0 Å². The molecular weight excluding hydrogens is 364 g/mol. The summed E-state index contributed by atoms with van der Waals surface area (Å²) in [7, 11) is 0. The fourth-order valence-corrected chi connectivity index (χ4v) is 2.33. The van der Waals surface area contributed by atoms with E-state index in [2.05, 4.69) is 21.5 Å². The second-order valence-electron chi connectivity index (χ2n) is 5.66. The summed E-state index contributed by atoms with van der Waals surface area (Å²) < 4.78 is 0. The topological polar surface area (TPSA) is 99.3 Å². The van der Waals surface area contributed by atoms with Crippen molar-refractivity contribution in [3.05, 3.63) is 65.2 Å². The van der Waals surface area contributed by atoms with E-state index < -0.39 is 5.91 Å². The first-order valence-electron chi connectivity index (χ1n) is 8.28. The number of carbonyl (C=O) groups is 3. The molecule has 0 aliphatic heterocycles. The average molecular weight is 384 g/mol. The average Bonchev–Trinajstić information content (AvgIpc) is 2.66. The molecule has 0 unspecified atom stereocenters. The van der Waals surface area contributed by atoms with E-state index in [4.69, 9.17) is 12.2 Å². The van der Waals surface area contributed by atoms with Crippen molar-refractivity contribution in [3.63, 3.8) is 0 Å². The third-order valence-corrected chi connectivity index (χ3v) is 3.86. The molecule has 0 aromatic heterocycles. The molecule has 7 nitrogen and oxygen atoms in total. The van der Waals surface area contributed by atoms with Gasteiger partial charge in [0.2, 0.25) is 5.91 Å². The lowest BCUT2D eigenvalue weighted by Crippen LogP contribution is -2.48. The zero-order chi connectivity index (χ0) is 19.8. The van der Waals surface area contributed by atoms with Crippen LogP contribution in [-0.4, -0.2) is 22.8 Å². The van der Waals surface area contributed by atoms with Gasteiger partial charge in [0.25, 0.3) is 11.8 Å². The van der Waals surface area contributed by atoms with Crippen molar-refractivity contribution >= 4 is 40.7 Å². The summed E-state index contributed by atoms with van der Waals surface area (Å²) in [6.45, 7) is 3.55. The summed E-state index contributed by atoms with van der Waals surface area (Å²) in [6.07, 6.45) is 0.283. The van der Waals surface area contributed by atoms with Crippen LogP contribution in [0.5, 0.6) is 0 Å². The molecule has 0 radical (unpaired) electrons. The van der Waals surface area contributed by atoms with E-state index in [0.717, 1.165) is 5.56 Å². The van der Waals surface area contributed by atoms with Crippen LogP contribution in [0.1, 0.15) is 39.6 Å². The van der Waals surface area contributed by atoms with Crippen LogP contribution in [0.25, 0.3) is 0 Å². The third kappa shape index (κ3) is 5.89. The zero-order valence-electron chi connectivity index (χ0n) is 15.0. The molecule has 140 valence electrons. The highest BCUT2D eigenvalue weighted by atomic mass is 32.1. The molecule has 0 fully saturated rings. The van der Waals surface area contributed by atoms with Crippen LogP contribution >= 0.6 is 12.2 Å². The molecule has 0 aliphatic carbocycles. The van der Waals surface area contributed by atoms with Crippen LogP contribution in [0, 0.1) is 6.92 Å². The van der Waals surface area contributed by atoms with Crippen molar-refractivity contribution in [2.75, 3.05) is 5.32 Å². The normalized spacial score (nSPS) is 9.85. The molecule has 0 saturated heterocycles. The van der Waals surface area contributed by atoms with Crippen molar-refractivity contribution in [1.29, 1.82) is 0 Å². The lowest BCUT2D eigenvalue weighted by molar-refractivity contribution is -0.119. The molecule has 8 heteroatoms. The number of amides is 3. The van der Waals surface area contributed by atoms with Crippen LogP contribution in [0.4, 0.5) is 5.69 Å². The molecule has 3 amide bonds. The number of hydrogen-bond donors (Lipinski definition) is 4. The molecule has 0 aliphatic rings. The molecule has 2 aromatic rings. The van der Waals surface area contributed by atoms with E-state index in [0.29, 0.717) is 16.8 Å². The van der Waals surface area contributed by atoms with Crippen molar-refractivity contribution in [3.8, 4) is 0 Å². The van der Waals surface area contributed by atoms with Gasteiger partial charge in [-0.1, -0.05) is 25.1 Å². The highest BCUT2D eigenvalue weighted by Gasteiger charge is 2.10. The molecule has 0 heterocycles. The zero-order valence-corrected chi connectivity index (χ0v) is 15.8. The first-order chi connectivity index (χ1) is 12.9. The van der Waals surface area contributed by atoms with Crippen molar-refractivity contribution < 1.29 is 14.4 Å². The van der Waals surface area contributed by atoms with Crippen LogP contribution < -0.4 is 21.5 Å². The Labute approximate surface area is 162 Å². The number of hydrazine groups is 1. The molecule has 4 N–H and O–H groups in total. The van der Waals surface area contributed by atoms with Gasteiger partial charge in [-0.2, -0.15) is 0 Å². The van der Waals surface area contributed by atoms with Crippen LogP contribution in [0.2, 0.25) is 0 Å². The van der Waals surface area contributed by atoms with Gasteiger partial charge in [-0.3, -0.25) is 25.2 Å². The summed E-state index contributed by atoms with van der Waals surface area (Å²) >= 11 is 4.88. The van der Waals surface area contributed by atoms with E-state index in [1.807, 2.05) is 19.1 Å². The largest absolute Gasteiger partial charge is 0.322 e. The molecule has 0 saturated carbocycles. The maximum Gasteiger partial charge on any atom is 0.269 e. The Morgan fingerprint density at radius 1 is 0.926 bits per heavy atom. The summed E-state index contributed by atoms with van der Waals surface area (Å²) in [5, 5.41) is 5.21. The van der Waals surface area contributed by atoms with E-state index in [9.17, 15) is 14.4 Å². The molecule has 0 spiro atoms. The Balaban J connectivity index is 1.91. The maximum atomic E-state index is 12.3. The number of aryl methyl sites for hydroxylation is 1. The molecule has 0 atom stereocenters. The van der Waals surface area contributed by atoms with Crippen molar-refractivity contribution in [1.82, 2.24) is 16.2 Å². The van der Waals surface area contributed by atoms with Gasteiger partial charge in [-0.25, -0.2) is 0 Å². The minimum Gasteiger partial charge on any atom is -0.322 e. The number of benzene rings is 2. The quantitative estimate of drug-likeness (QED) is 0.479. The Kier molecular flexibility index (Phi) is 7.01. The first kappa shape index (κ1) is 20.1.